The summed E-state index contributed by atoms with van der Waals surface area (Å²) >= 11 is 6.19. The number of hydrogen-bond donors (Lipinski definition) is 1. The molecule has 0 heterocycles. The molecule has 0 aliphatic rings. The molecule has 1 N–H and O–H groups in total. The topological polar surface area (TPSA) is 12.0 Å². The molecule has 0 spiro atoms. The summed E-state index contributed by atoms with van der Waals surface area (Å²) in [4.78, 5) is 0. The summed E-state index contributed by atoms with van der Waals surface area (Å²) in [5.41, 5.74) is 5.51. The Bertz CT molecular complexity index is 608. The molecule has 0 aromatic heterocycles. The van der Waals surface area contributed by atoms with Gasteiger partial charge in [0.15, 0.2) is 0 Å². The molecule has 0 amide bonds. The second-order valence-corrected chi connectivity index (χ2v) is 5.97. The smallest absolute Gasteiger partial charge is 0.129 e. The lowest BCUT2D eigenvalue weighted by atomic mass is 9.91. The van der Waals surface area contributed by atoms with Gasteiger partial charge in [-0.3, -0.25) is 0 Å². The van der Waals surface area contributed by atoms with Crippen molar-refractivity contribution in [1.29, 1.82) is 0 Å². The second-order valence-electron chi connectivity index (χ2n) is 5.56. The third kappa shape index (κ3) is 3.45. The van der Waals surface area contributed by atoms with Crippen molar-refractivity contribution in [3.8, 4) is 0 Å². The van der Waals surface area contributed by atoms with Crippen LogP contribution in [0.5, 0.6) is 0 Å². The molecule has 3 heteroatoms. The molecule has 0 aliphatic heterocycles. The van der Waals surface area contributed by atoms with Crippen molar-refractivity contribution in [2.45, 2.75) is 33.2 Å². The van der Waals surface area contributed by atoms with Gasteiger partial charge in [-0.05, 0) is 63.1 Å². The average molecular weight is 306 g/mol. The maximum absolute atomic E-state index is 14.1. The molecule has 112 valence electrons. The van der Waals surface area contributed by atoms with Crippen LogP contribution in [0.25, 0.3) is 0 Å². The molecular weight excluding hydrogens is 285 g/mol. The molecule has 1 unspecified atom stereocenters. The molecule has 1 atom stereocenters. The van der Waals surface area contributed by atoms with Gasteiger partial charge in [0, 0.05) is 16.6 Å². The number of likely N-dealkylation sites (N-methyl/N-ethyl adjacent to an activating group) is 1. The maximum atomic E-state index is 14.1. The third-order valence-corrected chi connectivity index (χ3v) is 4.27. The van der Waals surface area contributed by atoms with Crippen LogP contribution in [0.4, 0.5) is 4.39 Å². The first-order chi connectivity index (χ1) is 9.93. The molecular formula is C18H21ClFN. The van der Waals surface area contributed by atoms with Gasteiger partial charge in [-0.2, -0.15) is 0 Å². The first-order valence-corrected chi connectivity index (χ1v) is 7.49. The Morgan fingerprint density at radius 2 is 1.76 bits per heavy atom. The summed E-state index contributed by atoms with van der Waals surface area (Å²) in [6, 6.07) is 9.02. The fourth-order valence-corrected chi connectivity index (χ4v) is 3.22. The molecule has 2 aromatic carbocycles. The van der Waals surface area contributed by atoms with Crippen molar-refractivity contribution in [1.82, 2.24) is 5.32 Å². The highest BCUT2D eigenvalue weighted by molar-refractivity contribution is 6.31. The van der Waals surface area contributed by atoms with Gasteiger partial charge < -0.3 is 5.32 Å². The predicted octanol–water partition coefficient (Wildman–Crippen LogP) is 4.91. The van der Waals surface area contributed by atoms with Crippen molar-refractivity contribution in [2.75, 3.05) is 7.05 Å². The van der Waals surface area contributed by atoms with Gasteiger partial charge in [-0.25, -0.2) is 4.39 Å². The first kappa shape index (κ1) is 16.0. The van der Waals surface area contributed by atoms with E-state index in [4.69, 9.17) is 11.6 Å². The Morgan fingerprint density at radius 3 is 2.29 bits per heavy atom. The Morgan fingerprint density at radius 1 is 1.14 bits per heavy atom. The minimum atomic E-state index is -0.260. The predicted molar refractivity (Wildman–Crippen MR) is 87.6 cm³/mol. The van der Waals surface area contributed by atoms with Crippen molar-refractivity contribution in [2.24, 2.45) is 0 Å². The average Bonchev–Trinajstić information content (AvgIpc) is 2.40. The second kappa shape index (κ2) is 6.59. The van der Waals surface area contributed by atoms with E-state index >= 15 is 0 Å². The molecule has 0 aliphatic carbocycles. The lowest BCUT2D eigenvalue weighted by Crippen LogP contribution is -2.21. The number of hydrogen-bond acceptors (Lipinski definition) is 1. The van der Waals surface area contributed by atoms with Gasteiger partial charge in [0.25, 0.3) is 0 Å². The lowest BCUT2D eigenvalue weighted by molar-refractivity contribution is 0.533. The van der Waals surface area contributed by atoms with Gasteiger partial charge in [0.05, 0.1) is 0 Å². The van der Waals surface area contributed by atoms with E-state index in [9.17, 15) is 4.39 Å². The van der Waals surface area contributed by atoms with E-state index in [0.717, 1.165) is 6.42 Å². The number of halogens is 2. The van der Waals surface area contributed by atoms with E-state index in [1.807, 2.05) is 7.05 Å². The normalized spacial score (nSPS) is 12.5. The molecule has 2 rings (SSSR count). The lowest BCUT2D eigenvalue weighted by Gasteiger charge is -2.21. The third-order valence-electron chi connectivity index (χ3n) is 3.95. The number of rotatable bonds is 4. The van der Waals surface area contributed by atoms with Crippen LogP contribution in [0.1, 0.15) is 33.9 Å². The zero-order valence-corrected chi connectivity index (χ0v) is 13.7. The highest BCUT2D eigenvalue weighted by atomic mass is 35.5. The Balaban J connectivity index is 2.41. The summed E-state index contributed by atoms with van der Waals surface area (Å²) in [6.45, 7) is 6.29. The van der Waals surface area contributed by atoms with Crippen LogP contribution in [-0.2, 0) is 6.42 Å². The fourth-order valence-electron chi connectivity index (χ4n) is 2.93. The van der Waals surface area contributed by atoms with Gasteiger partial charge in [0.2, 0.25) is 0 Å². The molecule has 2 aromatic rings. The largest absolute Gasteiger partial charge is 0.313 e. The number of nitrogens with one attached hydrogen (secondary N) is 1. The van der Waals surface area contributed by atoms with Crippen LogP contribution in [0.3, 0.4) is 0 Å². The summed E-state index contributed by atoms with van der Waals surface area (Å²) in [7, 11) is 1.84. The van der Waals surface area contributed by atoms with E-state index in [1.54, 1.807) is 12.1 Å². The summed E-state index contributed by atoms with van der Waals surface area (Å²) in [5, 5.41) is 3.66. The molecule has 1 nitrogen and oxygen atoms in total. The quantitative estimate of drug-likeness (QED) is 0.846. The van der Waals surface area contributed by atoms with Gasteiger partial charge in [-0.15, -0.1) is 0 Å². The minimum absolute atomic E-state index is 0.140. The molecule has 0 radical (unpaired) electrons. The zero-order chi connectivity index (χ0) is 15.6. The van der Waals surface area contributed by atoms with Crippen molar-refractivity contribution in [3.63, 3.8) is 0 Å². The zero-order valence-electron chi connectivity index (χ0n) is 12.9. The molecule has 0 bridgehead atoms. The molecule has 0 saturated heterocycles. The van der Waals surface area contributed by atoms with E-state index in [1.165, 1.54) is 28.3 Å². The van der Waals surface area contributed by atoms with E-state index < -0.39 is 0 Å². The first-order valence-electron chi connectivity index (χ1n) is 7.12. The van der Waals surface area contributed by atoms with E-state index in [2.05, 4.69) is 38.2 Å². The van der Waals surface area contributed by atoms with Crippen molar-refractivity contribution in [3.05, 3.63) is 69.0 Å². The van der Waals surface area contributed by atoms with Crippen molar-refractivity contribution < 1.29 is 4.39 Å². The monoisotopic (exact) mass is 305 g/mol. The molecule has 21 heavy (non-hydrogen) atoms. The van der Waals surface area contributed by atoms with Crippen LogP contribution in [0.2, 0.25) is 5.02 Å². The van der Waals surface area contributed by atoms with Gasteiger partial charge in [0.1, 0.15) is 5.82 Å². The van der Waals surface area contributed by atoms with Gasteiger partial charge in [-0.1, -0.05) is 35.4 Å². The Kier molecular flexibility index (Phi) is 5.02. The van der Waals surface area contributed by atoms with E-state index in [-0.39, 0.29) is 11.9 Å². The van der Waals surface area contributed by atoms with Crippen LogP contribution < -0.4 is 5.32 Å². The summed E-state index contributed by atoms with van der Waals surface area (Å²) in [6.07, 6.45) is 0.717. The van der Waals surface area contributed by atoms with Gasteiger partial charge >= 0.3 is 0 Å². The van der Waals surface area contributed by atoms with Crippen LogP contribution in [0.15, 0.2) is 30.3 Å². The highest BCUT2D eigenvalue weighted by Crippen LogP contribution is 2.30. The number of aryl methyl sites for hydroxylation is 3. The van der Waals surface area contributed by atoms with E-state index in [0.29, 0.717) is 10.6 Å². The molecule has 0 saturated carbocycles. The maximum Gasteiger partial charge on any atom is 0.129 e. The highest BCUT2D eigenvalue weighted by Gasteiger charge is 2.19. The Hall–Kier alpha value is -1.38. The molecule has 0 fully saturated rings. The van der Waals surface area contributed by atoms with Crippen LogP contribution in [-0.4, -0.2) is 7.05 Å². The van der Waals surface area contributed by atoms with Crippen LogP contribution in [0, 0.1) is 26.6 Å². The Labute approximate surface area is 131 Å². The fraction of sp³-hybridized carbons (Fsp3) is 0.333. The minimum Gasteiger partial charge on any atom is -0.313 e. The number of benzene rings is 2. The summed E-state index contributed by atoms with van der Waals surface area (Å²) in [5.74, 6) is -0.260. The SMILES string of the molecule is CNC(Cc1c(C)cc(C)cc1C)c1c(F)cccc1Cl. The standard InChI is InChI=1S/C18H21ClFN/c1-11-8-12(2)14(13(3)9-11)10-17(21-4)18-15(19)6-5-7-16(18)20/h5-9,17,21H,10H2,1-4H3. The van der Waals surface area contributed by atoms with Crippen LogP contribution >= 0.6 is 11.6 Å². The summed E-state index contributed by atoms with van der Waals surface area (Å²) < 4.78 is 14.1. The van der Waals surface area contributed by atoms with Crippen molar-refractivity contribution >= 4 is 11.6 Å².